The van der Waals surface area contributed by atoms with Gasteiger partial charge in [0, 0.05) is 17.2 Å². The molecule has 2 heterocycles. The number of nitrogens with two attached hydrogens (primary N) is 1. The number of benzene rings is 1. The third-order valence-corrected chi connectivity index (χ3v) is 5.05. The van der Waals surface area contributed by atoms with Gasteiger partial charge in [-0.2, -0.15) is 13.2 Å². The SMILES string of the molecule is NC1=NC2(c3cc(NC(=O)c4ccc(OCC(F)(F)F)cn4)ccc3F)CC2COC1. The molecule has 0 spiro atoms. The maximum Gasteiger partial charge on any atom is 0.422 e. The van der Waals surface area contributed by atoms with Crippen LogP contribution in [0.1, 0.15) is 22.5 Å². The highest BCUT2D eigenvalue weighted by atomic mass is 19.4. The van der Waals surface area contributed by atoms with E-state index in [2.05, 4.69) is 20.0 Å². The Bertz CT molecular complexity index is 1030. The topological polar surface area (TPSA) is 98.8 Å². The number of alkyl halides is 3. The van der Waals surface area contributed by atoms with Gasteiger partial charge in [0.05, 0.1) is 18.3 Å². The summed E-state index contributed by atoms with van der Waals surface area (Å²) < 4.78 is 61.2. The molecular formula is C20H18F4N4O3. The Hall–Kier alpha value is -3.21. The number of hydrogen-bond donors (Lipinski definition) is 2. The van der Waals surface area contributed by atoms with Gasteiger partial charge in [-0.3, -0.25) is 9.79 Å². The molecule has 1 aromatic heterocycles. The molecule has 0 saturated heterocycles. The van der Waals surface area contributed by atoms with Gasteiger partial charge in [0.2, 0.25) is 0 Å². The first kappa shape index (κ1) is 21.0. The van der Waals surface area contributed by atoms with E-state index in [0.29, 0.717) is 24.3 Å². The van der Waals surface area contributed by atoms with Crippen molar-refractivity contribution in [1.29, 1.82) is 0 Å². The minimum Gasteiger partial charge on any atom is -0.483 e. The third-order valence-electron chi connectivity index (χ3n) is 5.05. The lowest BCUT2D eigenvalue weighted by atomic mass is 10.0. The van der Waals surface area contributed by atoms with Crippen molar-refractivity contribution >= 4 is 17.4 Å². The molecule has 2 aromatic rings. The molecule has 0 bridgehead atoms. The number of rotatable bonds is 5. The normalized spacial score (nSPS) is 22.7. The van der Waals surface area contributed by atoms with Crippen LogP contribution >= 0.6 is 0 Å². The van der Waals surface area contributed by atoms with Crippen LogP contribution in [0.15, 0.2) is 41.5 Å². The molecule has 1 aromatic carbocycles. The van der Waals surface area contributed by atoms with Crippen molar-refractivity contribution in [3.63, 3.8) is 0 Å². The summed E-state index contributed by atoms with van der Waals surface area (Å²) in [6.07, 6.45) is -2.87. The van der Waals surface area contributed by atoms with Gasteiger partial charge in [0.15, 0.2) is 6.61 Å². The van der Waals surface area contributed by atoms with Crippen LogP contribution in [0.2, 0.25) is 0 Å². The first-order valence-corrected chi connectivity index (χ1v) is 9.35. The number of aliphatic imine (C=N–C) groups is 1. The molecule has 31 heavy (non-hydrogen) atoms. The monoisotopic (exact) mass is 438 g/mol. The molecule has 1 amide bonds. The molecule has 7 nitrogen and oxygen atoms in total. The Morgan fingerprint density at radius 2 is 2.13 bits per heavy atom. The fraction of sp³-hybridized carbons (Fsp3) is 0.350. The van der Waals surface area contributed by atoms with Crippen LogP contribution in [0.3, 0.4) is 0 Å². The maximum absolute atomic E-state index is 14.6. The highest BCUT2D eigenvalue weighted by molar-refractivity contribution is 6.02. The van der Waals surface area contributed by atoms with Crippen molar-refractivity contribution in [3.8, 4) is 5.75 Å². The predicted molar refractivity (Wildman–Crippen MR) is 102 cm³/mol. The highest BCUT2D eigenvalue weighted by Gasteiger charge is 2.58. The summed E-state index contributed by atoms with van der Waals surface area (Å²) in [5.41, 5.74) is 5.61. The second kappa shape index (κ2) is 7.80. The van der Waals surface area contributed by atoms with Gasteiger partial charge in [-0.05, 0) is 36.8 Å². The van der Waals surface area contributed by atoms with Crippen LogP contribution in [0, 0.1) is 11.7 Å². The summed E-state index contributed by atoms with van der Waals surface area (Å²) in [6.45, 7) is -0.864. The fourth-order valence-electron chi connectivity index (χ4n) is 3.53. The van der Waals surface area contributed by atoms with E-state index in [1.54, 1.807) is 0 Å². The van der Waals surface area contributed by atoms with Crippen molar-refractivity contribution in [3.05, 3.63) is 53.6 Å². The van der Waals surface area contributed by atoms with Gasteiger partial charge in [-0.25, -0.2) is 9.37 Å². The Balaban J connectivity index is 1.48. The number of carbonyl (C=O) groups is 1. The first-order valence-electron chi connectivity index (χ1n) is 9.35. The number of anilines is 1. The van der Waals surface area contributed by atoms with Crippen molar-refractivity contribution in [2.75, 3.05) is 25.1 Å². The van der Waals surface area contributed by atoms with Crippen LogP contribution < -0.4 is 15.8 Å². The second-order valence-electron chi connectivity index (χ2n) is 7.38. The van der Waals surface area contributed by atoms with Gasteiger partial charge >= 0.3 is 6.18 Å². The Labute approximate surface area is 174 Å². The number of amidine groups is 1. The molecule has 2 aliphatic rings. The van der Waals surface area contributed by atoms with E-state index < -0.39 is 30.0 Å². The second-order valence-corrected chi connectivity index (χ2v) is 7.38. The number of fused-ring (bicyclic) bond motifs is 1. The molecule has 4 rings (SSSR count). The Morgan fingerprint density at radius 1 is 1.32 bits per heavy atom. The molecule has 1 fully saturated rings. The third kappa shape index (κ3) is 4.61. The molecule has 0 radical (unpaired) electrons. The predicted octanol–water partition coefficient (Wildman–Crippen LogP) is 3.02. The fourth-order valence-corrected chi connectivity index (χ4v) is 3.53. The summed E-state index contributed by atoms with van der Waals surface area (Å²) in [7, 11) is 0. The van der Waals surface area contributed by atoms with E-state index in [9.17, 15) is 22.4 Å². The average Bonchev–Trinajstić information content (AvgIpc) is 3.42. The van der Waals surface area contributed by atoms with E-state index in [0.717, 1.165) is 6.20 Å². The molecule has 11 heteroatoms. The van der Waals surface area contributed by atoms with Gasteiger partial charge < -0.3 is 20.5 Å². The number of amides is 1. The lowest BCUT2D eigenvalue weighted by Crippen LogP contribution is -2.21. The average molecular weight is 438 g/mol. The summed E-state index contributed by atoms with van der Waals surface area (Å²) in [5.74, 6) is -0.922. The zero-order chi connectivity index (χ0) is 22.2. The van der Waals surface area contributed by atoms with Crippen LogP contribution in [0.5, 0.6) is 5.75 Å². The lowest BCUT2D eigenvalue weighted by Gasteiger charge is -2.15. The van der Waals surface area contributed by atoms with Crippen molar-refractivity contribution in [2.45, 2.75) is 18.1 Å². The number of carbonyl (C=O) groups excluding carboxylic acids is 1. The zero-order valence-corrected chi connectivity index (χ0v) is 16.1. The van der Waals surface area contributed by atoms with E-state index in [1.165, 1.54) is 30.3 Å². The minimum atomic E-state index is -4.48. The molecule has 1 aliphatic carbocycles. The molecule has 1 saturated carbocycles. The van der Waals surface area contributed by atoms with Gasteiger partial charge in [-0.15, -0.1) is 0 Å². The Morgan fingerprint density at radius 3 is 2.84 bits per heavy atom. The summed E-state index contributed by atoms with van der Waals surface area (Å²) in [5, 5.41) is 2.60. The van der Waals surface area contributed by atoms with Gasteiger partial charge in [0.25, 0.3) is 5.91 Å². The number of ether oxygens (including phenoxy) is 2. The van der Waals surface area contributed by atoms with Crippen molar-refractivity contribution in [1.82, 2.24) is 4.98 Å². The van der Waals surface area contributed by atoms with E-state index in [4.69, 9.17) is 10.5 Å². The quantitative estimate of drug-likeness (QED) is 0.700. The van der Waals surface area contributed by atoms with E-state index >= 15 is 0 Å². The van der Waals surface area contributed by atoms with Crippen LogP contribution in [-0.4, -0.2) is 42.7 Å². The maximum atomic E-state index is 14.6. The molecule has 164 valence electrons. The highest BCUT2D eigenvalue weighted by Crippen LogP contribution is 2.57. The first-order chi connectivity index (χ1) is 14.7. The largest absolute Gasteiger partial charge is 0.483 e. The number of hydrogen-bond acceptors (Lipinski definition) is 6. The Kier molecular flexibility index (Phi) is 5.29. The standard InChI is InChI=1S/C20H18F4N4O3/c21-15-3-1-12(5-14(15)19-6-11(19)8-30-9-17(25)28-19)27-18(29)16-4-2-13(7-26-16)31-10-20(22,23)24/h1-5,7,11H,6,8-10H2,(H2,25,28)(H,27,29). The number of nitrogens with zero attached hydrogens (tertiary/aromatic N) is 2. The smallest absolute Gasteiger partial charge is 0.422 e. The van der Waals surface area contributed by atoms with Crippen LogP contribution in [-0.2, 0) is 10.3 Å². The number of halogens is 4. The molecule has 3 N–H and O–H groups in total. The minimum absolute atomic E-state index is 0.0000826. The molecule has 2 atom stereocenters. The summed E-state index contributed by atoms with van der Waals surface area (Å²) in [6, 6.07) is 6.56. The van der Waals surface area contributed by atoms with Crippen LogP contribution in [0.25, 0.3) is 0 Å². The van der Waals surface area contributed by atoms with Crippen LogP contribution in [0.4, 0.5) is 23.2 Å². The zero-order valence-electron chi connectivity index (χ0n) is 16.1. The van der Waals surface area contributed by atoms with Crippen molar-refractivity contribution in [2.24, 2.45) is 16.6 Å². The molecule has 1 aliphatic heterocycles. The van der Waals surface area contributed by atoms with E-state index in [-0.39, 0.29) is 29.8 Å². The number of aromatic nitrogens is 1. The summed E-state index contributed by atoms with van der Waals surface area (Å²) in [4.78, 5) is 20.7. The molecule has 2 unspecified atom stereocenters. The lowest BCUT2D eigenvalue weighted by molar-refractivity contribution is -0.153. The molecular weight excluding hydrogens is 420 g/mol. The van der Waals surface area contributed by atoms with Gasteiger partial charge in [-0.1, -0.05) is 0 Å². The van der Waals surface area contributed by atoms with Gasteiger partial charge in [0.1, 0.15) is 29.7 Å². The summed E-state index contributed by atoms with van der Waals surface area (Å²) >= 11 is 0. The van der Waals surface area contributed by atoms with Crippen molar-refractivity contribution < 1.29 is 31.8 Å². The number of nitrogens with one attached hydrogen (secondary N) is 1. The van der Waals surface area contributed by atoms with E-state index in [1.807, 2.05) is 0 Å². The number of pyridine rings is 1.